The van der Waals surface area contributed by atoms with Crippen molar-refractivity contribution in [1.82, 2.24) is 0 Å². The highest BCUT2D eigenvalue weighted by molar-refractivity contribution is 5.92. The average Bonchev–Trinajstić information content (AvgIpc) is 3.21. The summed E-state index contributed by atoms with van der Waals surface area (Å²) in [6, 6.07) is 15.2. The standard InChI is InChI=1S/C21H20N2O6/c1-27-16-6-3-14(4-7-16)19-11-8-17(29-19)9-12-21(24)22-18-13-15(23(25)26)5-10-20(18)28-2/h3-8,10-11,13H,9,12H2,1-2H3,(H,22,24). The van der Waals surface area contributed by atoms with Crippen molar-refractivity contribution in [2.45, 2.75) is 12.8 Å². The lowest BCUT2D eigenvalue weighted by Crippen LogP contribution is -2.13. The number of carbonyl (C=O) groups is 1. The number of hydrogen-bond acceptors (Lipinski definition) is 6. The number of hydrogen-bond donors (Lipinski definition) is 1. The van der Waals surface area contributed by atoms with Crippen molar-refractivity contribution < 1.29 is 23.6 Å². The number of furan rings is 1. The highest BCUT2D eigenvalue weighted by atomic mass is 16.6. The van der Waals surface area contributed by atoms with Crippen LogP contribution in [-0.4, -0.2) is 25.1 Å². The van der Waals surface area contributed by atoms with Crippen molar-refractivity contribution in [3.05, 3.63) is 70.5 Å². The van der Waals surface area contributed by atoms with Crippen LogP contribution in [0.15, 0.2) is 59.0 Å². The van der Waals surface area contributed by atoms with Gasteiger partial charge < -0.3 is 19.2 Å². The molecule has 29 heavy (non-hydrogen) atoms. The second-order valence-corrected chi connectivity index (χ2v) is 6.18. The lowest BCUT2D eigenvalue weighted by Gasteiger charge is -2.09. The van der Waals surface area contributed by atoms with Crippen LogP contribution in [0.2, 0.25) is 0 Å². The largest absolute Gasteiger partial charge is 0.497 e. The zero-order chi connectivity index (χ0) is 20.8. The monoisotopic (exact) mass is 396 g/mol. The highest BCUT2D eigenvalue weighted by Crippen LogP contribution is 2.29. The molecule has 0 atom stereocenters. The van der Waals surface area contributed by atoms with Gasteiger partial charge in [0.25, 0.3) is 5.69 Å². The third-order valence-electron chi connectivity index (χ3n) is 4.30. The molecule has 0 saturated carbocycles. The van der Waals surface area contributed by atoms with Gasteiger partial charge in [-0.05, 0) is 42.5 Å². The van der Waals surface area contributed by atoms with E-state index in [2.05, 4.69) is 5.32 Å². The van der Waals surface area contributed by atoms with Gasteiger partial charge in [-0.2, -0.15) is 0 Å². The number of nitrogens with zero attached hydrogens (tertiary/aromatic N) is 1. The molecule has 2 aromatic carbocycles. The minimum absolute atomic E-state index is 0.128. The van der Waals surface area contributed by atoms with Crippen molar-refractivity contribution in [2.24, 2.45) is 0 Å². The van der Waals surface area contributed by atoms with Crippen LogP contribution >= 0.6 is 0 Å². The Hall–Kier alpha value is -3.81. The number of rotatable bonds is 8. The van der Waals surface area contributed by atoms with Crippen molar-refractivity contribution in [3.8, 4) is 22.8 Å². The number of nitrogens with one attached hydrogen (secondary N) is 1. The van der Waals surface area contributed by atoms with Gasteiger partial charge in [-0.15, -0.1) is 0 Å². The summed E-state index contributed by atoms with van der Waals surface area (Å²) in [6.07, 6.45) is 0.542. The normalized spacial score (nSPS) is 10.4. The van der Waals surface area contributed by atoms with Crippen molar-refractivity contribution >= 4 is 17.3 Å². The number of amides is 1. The molecule has 1 heterocycles. The van der Waals surface area contributed by atoms with Gasteiger partial charge in [0.15, 0.2) is 0 Å². The molecule has 0 fully saturated rings. The fourth-order valence-electron chi connectivity index (χ4n) is 2.78. The molecule has 0 bridgehead atoms. The second-order valence-electron chi connectivity index (χ2n) is 6.18. The summed E-state index contributed by atoms with van der Waals surface area (Å²) in [5.74, 6) is 2.17. The molecule has 8 heteroatoms. The lowest BCUT2D eigenvalue weighted by atomic mass is 10.2. The molecule has 0 radical (unpaired) electrons. The highest BCUT2D eigenvalue weighted by Gasteiger charge is 2.14. The van der Waals surface area contributed by atoms with Gasteiger partial charge in [0, 0.05) is 30.5 Å². The first-order chi connectivity index (χ1) is 14.0. The summed E-state index contributed by atoms with van der Waals surface area (Å²) in [5.41, 5.74) is 1.03. The predicted octanol–water partition coefficient (Wildman–Crippen LogP) is 4.44. The fraction of sp³-hybridized carbons (Fsp3) is 0.190. The third kappa shape index (κ3) is 4.92. The summed E-state index contributed by atoms with van der Waals surface area (Å²) in [7, 11) is 3.04. The summed E-state index contributed by atoms with van der Waals surface area (Å²) >= 11 is 0. The van der Waals surface area contributed by atoms with E-state index in [4.69, 9.17) is 13.9 Å². The number of nitro groups is 1. The summed E-state index contributed by atoms with van der Waals surface area (Å²) in [5, 5.41) is 13.6. The number of anilines is 1. The Morgan fingerprint density at radius 2 is 1.83 bits per heavy atom. The number of nitro benzene ring substituents is 1. The second kappa shape index (κ2) is 8.92. The minimum Gasteiger partial charge on any atom is -0.497 e. The molecule has 3 aromatic rings. The van der Waals surface area contributed by atoms with Crippen molar-refractivity contribution in [1.29, 1.82) is 0 Å². The summed E-state index contributed by atoms with van der Waals surface area (Å²) in [4.78, 5) is 22.7. The molecule has 3 rings (SSSR count). The van der Waals surface area contributed by atoms with E-state index in [1.165, 1.54) is 25.3 Å². The van der Waals surface area contributed by atoms with Crippen molar-refractivity contribution in [2.75, 3.05) is 19.5 Å². The van der Waals surface area contributed by atoms with Crippen LogP contribution in [0.1, 0.15) is 12.2 Å². The van der Waals surface area contributed by atoms with E-state index in [9.17, 15) is 14.9 Å². The molecule has 150 valence electrons. The van der Waals surface area contributed by atoms with E-state index in [-0.39, 0.29) is 23.7 Å². The molecule has 8 nitrogen and oxygen atoms in total. The average molecular weight is 396 g/mol. The number of aryl methyl sites for hydroxylation is 1. The number of carbonyl (C=O) groups excluding carboxylic acids is 1. The van der Waals surface area contributed by atoms with Crippen LogP contribution in [0.5, 0.6) is 11.5 Å². The molecule has 0 aliphatic carbocycles. The molecule has 0 spiro atoms. The van der Waals surface area contributed by atoms with E-state index in [0.717, 1.165) is 11.3 Å². The van der Waals surface area contributed by atoms with Gasteiger partial charge in [-0.3, -0.25) is 14.9 Å². The van der Waals surface area contributed by atoms with Crippen LogP contribution in [0.25, 0.3) is 11.3 Å². The molecule has 0 unspecified atom stereocenters. The van der Waals surface area contributed by atoms with Crippen LogP contribution in [-0.2, 0) is 11.2 Å². The summed E-state index contributed by atoms with van der Waals surface area (Å²) in [6.45, 7) is 0. The Bertz CT molecular complexity index is 1010. The number of benzene rings is 2. The molecule has 0 aliphatic heterocycles. The zero-order valence-corrected chi connectivity index (χ0v) is 16.0. The van der Waals surface area contributed by atoms with Crippen LogP contribution in [0, 0.1) is 10.1 Å². The summed E-state index contributed by atoms with van der Waals surface area (Å²) < 4.78 is 16.1. The maximum absolute atomic E-state index is 12.3. The first-order valence-electron chi connectivity index (χ1n) is 8.85. The molecule has 0 saturated heterocycles. The molecule has 0 aliphatic rings. The van der Waals surface area contributed by atoms with Gasteiger partial charge in [-0.1, -0.05) is 0 Å². The molecule has 1 aromatic heterocycles. The Morgan fingerprint density at radius 1 is 1.07 bits per heavy atom. The van der Waals surface area contributed by atoms with E-state index < -0.39 is 4.92 Å². The maximum atomic E-state index is 12.3. The fourth-order valence-corrected chi connectivity index (χ4v) is 2.78. The maximum Gasteiger partial charge on any atom is 0.271 e. The van der Waals surface area contributed by atoms with Crippen LogP contribution in [0.4, 0.5) is 11.4 Å². The molecular weight excluding hydrogens is 376 g/mol. The van der Waals surface area contributed by atoms with Crippen LogP contribution in [0.3, 0.4) is 0 Å². The topological polar surface area (TPSA) is 104 Å². The van der Waals surface area contributed by atoms with E-state index in [0.29, 0.717) is 23.7 Å². The van der Waals surface area contributed by atoms with Crippen molar-refractivity contribution in [3.63, 3.8) is 0 Å². The van der Waals surface area contributed by atoms with E-state index in [1.54, 1.807) is 7.11 Å². The number of methoxy groups -OCH3 is 2. The van der Waals surface area contributed by atoms with Gasteiger partial charge in [0.05, 0.1) is 24.8 Å². The molecular formula is C21H20N2O6. The van der Waals surface area contributed by atoms with Gasteiger partial charge in [0.1, 0.15) is 23.0 Å². The first-order valence-corrected chi connectivity index (χ1v) is 8.85. The van der Waals surface area contributed by atoms with Gasteiger partial charge in [0.2, 0.25) is 5.91 Å². The Morgan fingerprint density at radius 3 is 2.48 bits per heavy atom. The minimum atomic E-state index is -0.529. The Labute approximate surface area is 167 Å². The molecule has 1 amide bonds. The molecule has 1 N–H and O–H groups in total. The number of ether oxygens (including phenoxy) is 2. The van der Waals surface area contributed by atoms with E-state index in [1.807, 2.05) is 36.4 Å². The smallest absolute Gasteiger partial charge is 0.271 e. The number of non-ortho nitro benzene ring substituents is 1. The zero-order valence-electron chi connectivity index (χ0n) is 16.0. The predicted molar refractivity (Wildman–Crippen MR) is 107 cm³/mol. The Balaban J connectivity index is 1.62. The van der Waals surface area contributed by atoms with Gasteiger partial charge in [-0.25, -0.2) is 0 Å². The van der Waals surface area contributed by atoms with Crippen LogP contribution < -0.4 is 14.8 Å². The quantitative estimate of drug-likeness (QED) is 0.446. The van der Waals surface area contributed by atoms with Gasteiger partial charge >= 0.3 is 0 Å². The SMILES string of the molecule is COc1ccc(-c2ccc(CCC(=O)Nc3cc([N+](=O)[O-])ccc3OC)o2)cc1. The third-order valence-corrected chi connectivity index (χ3v) is 4.30. The lowest BCUT2D eigenvalue weighted by molar-refractivity contribution is -0.384. The first kappa shape index (κ1) is 19.9. The Kier molecular flexibility index (Phi) is 6.13. The van der Waals surface area contributed by atoms with E-state index >= 15 is 0 Å².